The second-order valence-electron chi connectivity index (χ2n) is 3.30. The number of carbonyl (C=O) groups is 1. The van der Waals surface area contributed by atoms with E-state index in [1.54, 1.807) is 18.2 Å². The first-order valence-corrected chi connectivity index (χ1v) is 5.14. The lowest BCUT2D eigenvalue weighted by Gasteiger charge is -2.07. The monoisotopic (exact) mass is 233 g/mol. The molecule has 2 rings (SSSR count). The van der Waals surface area contributed by atoms with Crippen LogP contribution in [-0.2, 0) is 0 Å². The minimum atomic E-state index is -1.08. The molecule has 17 heavy (non-hydrogen) atoms. The van der Waals surface area contributed by atoms with Crippen molar-refractivity contribution in [1.29, 1.82) is 0 Å². The zero-order valence-electron chi connectivity index (χ0n) is 9.21. The molecule has 0 aliphatic carbocycles. The number of hydrogen-bond acceptors (Lipinski definition) is 4. The predicted molar refractivity (Wildman–Crippen MR) is 60.1 cm³/mol. The average Bonchev–Trinajstić information content (AvgIpc) is 2.79. The molecule has 0 radical (unpaired) electrons. The van der Waals surface area contributed by atoms with Crippen molar-refractivity contribution in [3.05, 3.63) is 36.0 Å². The Morgan fingerprint density at radius 3 is 2.94 bits per heavy atom. The van der Waals surface area contributed by atoms with E-state index in [2.05, 4.69) is 5.16 Å². The number of nitrogens with zero attached hydrogens (tertiary/aromatic N) is 1. The van der Waals surface area contributed by atoms with Crippen molar-refractivity contribution in [2.75, 3.05) is 6.61 Å². The lowest BCUT2D eigenvalue weighted by Crippen LogP contribution is -1.98. The normalized spacial score (nSPS) is 10.2. The van der Waals surface area contributed by atoms with Gasteiger partial charge in [-0.3, -0.25) is 0 Å². The molecule has 1 aromatic heterocycles. The first-order valence-electron chi connectivity index (χ1n) is 5.14. The first-order chi connectivity index (χ1) is 8.24. The van der Waals surface area contributed by atoms with Crippen molar-refractivity contribution in [2.45, 2.75) is 6.92 Å². The standard InChI is InChI=1S/C12H11NO4/c1-2-16-10-6-4-3-5-8(10)11-9(12(14)15)7-13-17-11/h3-7H,2H2,1H3,(H,14,15). The molecule has 5 heteroatoms. The van der Waals surface area contributed by atoms with Gasteiger partial charge in [0.05, 0.1) is 18.4 Å². The molecule has 1 aromatic carbocycles. The van der Waals surface area contributed by atoms with Gasteiger partial charge < -0.3 is 14.4 Å². The summed E-state index contributed by atoms with van der Waals surface area (Å²) in [6.45, 7) is 2.35. The van der Waals surface area contributed by atoms with Crippen molar-refractivity contribution in [1.82, 2.24) is 5.16 Å². The van der Waals surface area contributed by atoms with Crippen molar-refractivity contribution in [3.63, 3.8) is 0 Å². The molecule has 0 bridgehead atoms. The number of rotatable bonds is 4. The molecule has 0 atom stereocenters. The fourth-order valence-corrected chi connectivity index (χ4v) is 1.52. The minimum Gasteiger partial charge on any atom is -0.493 e. The summed E-state index contributed by atoms with van der Waals surface area (Å²) in [4.78, 5) is 11.0. The fourth-order valence-electron chi connectivity index (χ4n) is 1.52. The zero-order valence-corrected chi connectivity index (χ0v) is 9.21. The molecule has 1 heterocycles. The lowest BCUT2D eigenvalue weighted by molar-refractivity contribution is 0.0697. The quantitative estimate of drug-likeness (QED) is 0.877. The van der Waals surface area contributed by atoms with Crippen LogP contribution in [-0.4, -0.2) is 22.8 Å². The Morgan fingerprint density at radius 1 is 1.47 bits per heavy atom. The fraction of sp³-hybridized carbons (Fsp3) is 0.167. The number of aromatic nitrogens is 1. The SMILES string of the molecule is CCOc1ccccc1-c1oncc1C(=O)O. The molecule has 2 aromatic rings. The number of carboxylic acids is 1. The first kappa shape index (κ1) is 11.2. The summed E-state index contributed by atoms with van der Waals surface area (Å²) < 4.78 is 10.4. The summed E-state index contributed by atoms with van der Waals surface area (Å²) in [7, 11) is 0. The van der Waals surface area contributed by atoms with E-state index in [0.717, 1.165) is 0 Å². The van der Waals surface area contributed by atoms with E-state index in [1.165, 1.54) is 6.20 Å². The molecule has 5 nitrogen and oxygen atoms in total. The van der Waals surface area contributed by atoms with Gasteiger partial charge in [-0.1, -0.05) is 17.3 Å². The molecule has 0 saturated carbocycles. The summed E-state index contributed by atoms with van der Waals surface area (Å²) in [5.41, 5.74) is 0.612. The van der Waals surface area contributed by atoms with Crippen LogP contribution in [0.4, 0.5) is 0 Å². The van der Waals surface area contributed by atoms with Crippen LogP contribution in [0, 0.1) is 0 Å². The van der Waals surface area contributed by atoms with Crippen LogP contribution in [0.1, 0.15) is 17.3 Å². The number of ether oxygens (including phenoxy) is 1. The van der Waals surface area contributed by atoms with E-state index in [0.29, 0.717) is 17.9 Å². The highest BCUT2D eigenvalue weighted by atomic mass is 16.5. The number of para-hydroxylation sites is 1. The van der Waals surface area contributed by atoms with Gasteiger partial charge in [-0.15, -0.1) is 0 Å². The Balaban J connectivity index is 2.52. The third-order valence-electron chi connectivity index (χ3n) is 2.23. The average molecular weight is 233 g/mol. The van der Waals surface area contributed by atoms with Crippen LogP contribution in [0.5, 0.6) is 5.75 Å². The smallest absolute Gasteiger partial charge is 0.341 e. The molecule has 0 amide bonds. The third kappa shape index (κ3) is 2.13. The van der Waals surface area contributed by atoms with Gasteiger partial charge in [-0.05, 0) is 19.1 Å². The number of hydrogen-bond donors (Lipinski definition) is 1. The van der Waals surface area contributed by atoms with Crippen LogP contribution in [0.2, 0.25) is 0 Å². The van der Waals surface area contributed by atoms with Crippen LogP contribution in [0.3, 0.4) is 0 Å². The minimum absolute atomic E-state index is 0.0251. The van der Waals surface area contributed by atoms with Gasteiger partial charge in [-0.2, -0.15) is 0 Å². The van der Waals surface area contributed by atoms with Crippen molar-refractivity contribution < 1.29 is 19.2 Å². The number of aromatic carboxylic acids is 1. The van der Waals surface area contributed by atoms with Crippen LogP contribution < -0.4 is 4.74 Å². The number of benzene rings is 1. The maximum Gasteiger partial charge on any atom is 0.341 e. The Bertz CT molecular complexity index is 533. The number of carboxylic acid groups (broad SMARTS) is 1. The molecule has 1 N–H and O–H groups in total. The van der Waals surface area contributed by atoms with Crippen molar-refractivity contribution in [2.24, 2.45) is 0 Å². The molecule has 0 unspecified atom stereocenters. The molecule has 0 spiro atoms. The van der Waals surface area contributed by atoms with Crippen LogP contribution in [0.25, 0.3) is 11.3 Å². The van der Waals surface area contributed by atoms with E-state index in [9.17, 15) is 4.79 Å². The molecule has 0 aliphatic rings. The second-order valence-corrected chi connectivity index (χ2v) is 3.30. The van der Waals surface area contributed by atoms with Crippen LogP contribution >= 0.6 is 0 Å². The van der Waals surface area contributed by atoms with E-state index in [1.807, 2.05) is 13.0 Å². The van der Waals surface area contributed by atoms with E-state index >= 15 is 0 Å². The highest BCUT2D eigenvalue weighted by molar-refractivity contribution is 5.94. The summed E-state index contributed by atoms with van der Waals surface area (Å²) in [5.74, 6) is -0.289. The maximum atomic E-state index is 11.0. The molecular formula is C12H11NO4. The highest BCUT2D eigenvalue weighted by Crippen LogP contribution is 2.32. The lowest BCUT2D eigenvalue weighted by atomic mass is 10.1. The Morgan fingerprint density at radius 2 is 2.24 bits per heavy atom. The molecule has 0 saturated heterocycles. The Hall–Kier alpha value is -2.30. The van der Waals surface area contributed by atoms with Gasteiger partial charge >= 0.3 is 5.97 Å². The predicted octanol–water partition coefficient (Wildman–Crippen LogP) is 2.44. The molecule has 88 valence electrons. The molecule has 0 aliphatic heterocycles. The van der Waals surface area contributed by atoms with Crippen LogP contribution in [0.15, 0.2) is 35.0 Å². The highest BCUT2D eigenvalue weighted by Gasteiger charge is 2.19. The van der Waals surface area contributed by atoms with Crippen molar-refractivity contribution >= 4 is 5.97 Å². The van der Waals surface area contributed by atoms with Gasteiger partial charge in [-0.25, -0.2) is 4.79 Å². The topological polar surface area (TPSA) is 72.6 Å². The van der Waals surface area contributed by atoms with E-state index < -0.39 is 5.97 Å². The summed E-state index contributed by atoms with van der Waals surface area (Å²) in [6, 6.07) is 7.09. The second kappa shape index (κ2) is 4.69. The maximum absolute atomic E-state index is 11.0. The Labute approximate surface area is 97.6 Å². The summed E-state index contributed by atoms with van der Waals surface area (Å²) >= 11 is 0. The van der Waals surface area contributed by atoms with Gasteiger partial charge in [0.25, 0.3) is 0 Å². The van der Waals surface area contributed by atoms with Gasteiger partial charge in [0, 0.05) is 0 Å². The van der Waals surface area contributed by atoms with Gasteiger partial charge in [0.15, 0.2) is 5.76 Å². The van der Waals surface area contributed by atoms with Crippen molar-refractivity contribution in [3.8, 4) is 17.1 Å². The summed E-state index contributed by atoms with van der Waals surface area (Å²) in [6.07, 6.45) is 1.18. The van der Waals surface area contributed by atoms with Gasteiger partial charge in [0.1, 0.15) is 11.3 Å². The largest absolute Gasteiger partial charge is 0.493 e. The summed E-state index contributed by atoms with van der Waals surface area (Å²) in [5, 5.41) is 12.5. The molecular weight excluding hydrogens is 222 g/mol. The molecule has 0 fully saturated rings. The Kier molecular flexibility index (Phi) is 3.09. The zero-order chi connectivity index (χ0) is 12.3. The third-order valence-corrected chi connectivity index (χ3v) is 2.23. The van der Waals surface area contributed by atoms with E-state index in [4.69, 9.17) is 14.4 Å². The van der Waals surface area contributed by atoms with Gasteiger partial charge in [0.2, 0.25) is 0 Å². The van der Waals surface area contributed by atoms with E-state index in [-0.39, 0.29) is 11.3 Å².